The van der Waals surface area contributed by atoms with Crippen molar-refractivity contribution >= 4 is 15.9 Å². The zero-order chi connectivity index (χ0) is 15.3. The second-order valence-electron chi connectivity index (χ2n) is 4.99. The van der Waals surface area contributed by atoms with Crippen LogP contribution in [0.5, 0.6) is 0 Å². The average molecular weight is 316 g/mol. The summed E-state index contributed by atoms with van der Waals surface area (Å²) in [6.45, 7) is 2.21. The van der Waals surface area contributed by atoms with Crippen molar-refractivity contribution in [3.8, 4) is 0 Å². The molecule has 1 aromatic heterocycles. The van der Waals surface area contributed by atoms with Crippen LogP contribution in [0.1, 0.15) is 29.4 Å². The number of piperidine rings is 1. The molecule has 0 saturated carbocycles. The molecule has 3 N–H and O–H groups in total. The highest BCUT2D eigenvalue weighted by molar-refractivity contribution is 7.88. The number of carbonyl (C=O) groups excluding carboxylic acids is 1. The Morgan fingerprint density at radius 1 is 1.43 bits per heavy atom. The largest absolute Gasteiger partial charge is 0.349 e. The van der Waals surface area contributed by atoms with E-state index in [1.54, 1.807) is 10.9 Å². The van der Waals surface area contributed by atoms with Crippen LogP contribution in [0.25, 0.3) is 0 Å². The second-order valence-corrected chi connectivity index (χ2v) is 6.82. The summed E-state index contributed by atoms with van der Waals surface area (Å²) in [5.41, 5.74) is 0.243. The first-order valence-corrected chi connectivity index (χ1v) is 8.70. The number of nitrogens with zero attached hydrogens (tertiary/aromatic N) is 3. The Morgan fingerprint density at radius 2 is 2.14 bits per heavy atom. The lowest BCUT2D eigenvalue weighted by atomic mass is 10.1. The molecule has 118 valence electrons. The van der Waals surface area contributed by atoms with Gasteiger partial charge in [0, 0.05) is 13.1 Å². The summed E-state index contributed by atoms with van der Waals surface area (Å²) in [5.74, 6) is -0.356. The van der Waals surface area contributed by atoms with Crippen LogP contribution in [0.3, 0.4) is 0 Å². The molecule has 1 fully saturated rings. The Morgan fingerprint density at radius 3 is 2.81 bits per heavy atom. The highest BCUT2D eigenvalue weighted by Gasteiger charge is 2.18. The first-order chi connectivity index (χ1) is 9.96. The molecule has 0 aromatic carbocycles. The van der Waals surface area contributed by atoms with Crippen LogP contribution in [-0.4, -0.2) is 61.8 Å². The van der Waals surface area contributed by atoms with E-state index in [9.17, 15) is 13.2 Å². The molecule has 10 heteroatoms. The van der Waals surface area contributed by atoms with Gasteiger partial charge in [0.15, 0.2) is 5.69 Å². The third kappa shape index (κ3) is 5.06. The van der Waals surface area contributed by atoms with Gasteiger partial charge in [-0.05, 0) is 25.9 Å². The number of rotatable bonds is 6. The third-order valence-electron chi connectivity index (χ3n) is 3.20. The van der Waals surface area contributed by atoms with E-state index < -0.39 is 10.0 Å². The molecule has 2 rings (SSSR count). The molecule has 1 aliphatic heterocycles. The van der Waals surface area contributed by atoms with Crippen LogP contribution in [0.15, 0.2) is 6.20 Å². The van der Waals surface area contributed by atoms with Crippen LogP contribution in [0.2, 0.25) is 0 Å². The van der Waals surface area contributed by atoms with E-state index in [0.717, 1.165) is 32.2 Å². The van der Waals surface area contributed by atoms with Crippen LogP contribution < -0.4 is 15.4 Å². The standard InChI is InChI=1S/C11H20N6O3S/c1-21(19,20)14-7-6-13-11(18)10-8-17(16-15-10)9-2-4-12-5-3-9/h8-9,12,14H,2-7H2,1H3,(H,13,18). The maximum absolute atomic E-state index is 11.8. The van der Waals surface area contributed by atoms with Crippen molar-refractivity contribution in [3.05, 3.63) is 11.9 Å². The summed E-state index contributed by atoms with van der Waals surface area (Å²) in [7, 11) is -3.24. The summed E-state index contributed by atoms with van der Waals surface area (Å²) < 4.78 is 25.8. The van der Waals surface area contributed by atoms with E-state index in [1.165, 1.54) is 0 Å². The lowest BCUT2D eigenvalue weighted by molar-refractivity contribution is 0.0949. The smallest absolute Gasteiger partial charge is 0.273 e. The summed E-state index contributed by atoms with van der Waals surface area (Å²) >= 11 is 0. The van der Waals surface area contributed by atoms with E-state index in [1.807, 2.05) is 0 Å². The maximum Gasteiger partial charge on any atom is 0.273 e. The monoisotopic (exact) mass is 316 g/mol. The maximum atomic E-state index is 11.8. The molecular formula is C11H20N6O3S. The summed E-state index contributed by atoms with van der Waals surface area (Å²) in [6, 6.07) is 0.271. The molecule has 0 spiro atoms. The molecule has 1 saturated heterocycles. The Bertz CT molecular complexity index is 579. The minimum atomic E-state index is -3.24. The molecule has 0 aliphatic carbocycles. The molecule has 1 aliphatic rings. The van der Waals surface area contributed by atoms with Gasteiger partial charge in [-0.3, -0.25) is 4.79 Å². The fraction of sp³-hybridized carbons (Fsp3) is 0.727. The van der Waals surface area contributed by atoms with Crippen molar-refractivity contribution in [2.24, 2.45) is 0 Å². The SMILES string of the molecule is CS(=O)(=O)NCCNC(=O)c1cn(C2CCNCC2)nn1. The number of hydrogen-bond donors (Lipinski definition) is 3. The number of aromatic nitrogens is 3. The third-order valence-corrected chi connectivity index (χ3v) is 3.93. The summed E-state index contributed by atoms with van der Waals surface area (Å²) in [5, 5.41) is 13.7. The van der Waals surface area contributed by atoms with Gasteiger partial charge in [0.1, 0.15) is 0 Å². The Balaban J connectivity index is 1.81. The Kier molecular flexibility index (Phi) is 5.26. The topological polar surface area (TPSA) is 118 Å². The van der Waals surface area contributed by atoms with Crippen molar-refractivity contribution in [2.45, 2.75) is 18.9 Å². The van der Waals surface area contributed by atoms with Crippen molar-refractivity contribution in [1.82, 2.24) is 30.3 Å². The first kappa shape index (κ1) is 15.9. The van der Waals surface area contributed by atoms with Gasteiger partial charge in [-0.15, -0.1) is 5.10 Å². The van der Waals surface area contributed by atoms with Crippen molar-refractivity contribution in [1.29, 1.82) is 0 Å². The fourth-order valence-corrected chi connectivity index (χ4v) is 2.61. The molecule has 1 amide bonds. The number of carbonyl (C=O) groups is 1. The van der Waals surface area contributed by atoms with Gasteiger partial charge < -0.3 is 10.6 Å². The summed E-state index contributed by atoms with van der Waals surface area (Å²) in [4.78, 5) is 11.8. The number of hydrogen-bond acceptors (Lipinski definition) is 6. The molecule has 1 aromatic rings. The predicted octanol–water partition coefficient (Wildman–Crippen LogP) is -1.52. The normalized spacial score (nSPS) is 16.8. The fourth-order valence-electron chi connectivity index (χ4n) is 2.13. The quantitative estimate of drug-likeness (QED) is 0.549. The molecule has 0 bridgehead atoms. The zero-order valence-corrected chi connectivity index (χ0v) is 12.7. The first-order valence-electron chi connectivity index (χ1n) is 6.81. The van der Waals surface area contributed by atoms with Crippen LogP contribution in [-0.2, 0) is 10.0 Å². The van der Waals surface area contributed by atoms with Gasteiger partial charge in [-0.25, -0.2) is 17.8 Å². The van der Waals surface area contributed by atoms with E-state index >= 15 is 0 Å². The van der Waals surface area contributed by atoms with Gasteiger partial charge in [0.05, 0.1) is 18.5 Å². The van der Waals surface area contributed by atoms with E-state index in [4.69, 9.17) is 0 Å². The summed E-state index contributed by atoms with van der Waals surface area (Å²) in [6.07, 6.45) is 4.63. The second kappa shape index (κ2) is 6.96. The molecule has 9 nitrogen and oxygen atoms in total. The lowest BCUT2D eigenvalue weighted by Gasteiger charge is -2.22. The minimum absolute atomic E-state index is 0.146. The Hall–Kier alpha value is -1.52. The van der Waals surface area contributed by atoms with Gasteiger partial charge in [-0.2, -0.15) is 0 Å². The highest BCUT2D eigenvalue weighted by atomic mass is 32.2. The van der Waals surface area contributed by atoms with Gasteiger partial charge >= 0.3 is 0 Å². The number of amides is 1. The van der Waals surface area contributed by atoms with E-state index in [0.29, 0.717) is 0 Å². The number of nitrogens with one attached hydrogen (secondary N) is 3. The van der Waals surface area contributed by atoms with Crippen molar-refractivity contribution in [2.75, 3.05) is 32.4 Å². The van der Waals surface area contributed by atoms with Crippen LogP contribution >= 0.6 is 0 Å². The van der Waals surface area contributed by atoms with Crippen molar-refractivity contribution in [3.63, 3.8) is 0 Å². The molecule has 21 heavy (non-hydrogen) atoms. The lowest BCUT2D eigenvalue weighted by Crippen LogP contribution is -2.34. The highest BCUT2D eigenvalue weighted by Crippen LogP contribution is 2.16. The molecule has 0 atom stereocenters. The van der Waals surface area contributed by atoms with Crippen molar-refractivity contribution < 1.29 is 13.2 Å². The average Bonchev–Trinajstić information content (AvgIpc) is 2.93. The number of sulfonamides is 1. The molecule has 0 unspecified atom stereocenters. The minimum Gasteiger partial charge on any atom is -0.349 e. The van der Waals surface area contributed by atoms with Crippen LogP contribution in [0, 0.1) is 0 Å². The molecular weight excluding hydrogens is 296 g/mol. The van der Waals surface area contributed by atoms with Gasteiger partial charge in [-0.1, -0.05) is 5.21 Å². The zero-order valence-electron chi connectivity index (χ0n) is 11.9. The van der Waals surface area contributed by atoms with E-state index in [2.05, 4.69) is 25.7 Å². The van der Waals surface area contributed by atoms with Gasteiger partial charge in [0.25, 0.3) is 5.91 Å². The Labute approximate surface area is 123 Å². The van der Waals surface area contributed by atoms with Gasteiger partial charge in [0.2, 0.25) is 10.0 Å². The molecule has 0 radical (unpaired) electrons. The van der Waals surface area contributed by atoms with Crippen LogP contribution in [0.4, 0.5) is 0 Å². The van der Waals surface area contributed by atoms with E-state index in [-0.39, 0.29) is 30.7 Å². The molecule has 2 heterocycles. The predicted molar refractivity (Wildman–Crippen MR) is 76.3 cm³/mol.